The molecule has 0 aromatic heterocycles. The summed E-state index contributed by atoms with van der Waals surface area (Å²) in [5.74, 6) is 1.01. The molecule has 0 bridgehead atoms. The zero-order chi connectivity index (χ0) is 23.5. The lowest BCUT2D eigenvalue weighted by molar-refractivity contribution is -0.111. The number of benzene rings is 3. The highest BCUT2D eigenvalue weighted by Gasteiger charge is 2.39. The molecule has 0 spiro atoms. The normalized spacial score (nSPS) is 18.1. The first-order valence-electron chi connectivity index (χ1n) is 11.5. The molecule has 5 rings (SSSR count). The first kappa shape index (κ1) is 22.0. The van der Waals surface area contributed by atoms with Crippen LogP contribution in [0, 0.1) is 0 Å². The van der Waals surface area contributed by atoms with Crippen LogP contribution in [0.1, 0.15) is 18.7 Å². The number of Topliss-reactive ketones (excluding diaryl/α,β-unsaturated/α-hetero) is 1. The summed E-state index contributed by atoms with van der Waals surface area (Å²) < 4.78 is 11.0. The van der Waals surface area contributed by atoms with E-state index in [0.29, 0.717) is 5.84 Å². The smallest absolute Gasteiger partial charge is 0.198 e. The largest absolute Gasteiger partial charge is 0.497 e. The van der Waals surface area contributed by atoms with E-state index in [1.165, 1.54) is 0 Å². The van der Waals surface area contributed by atoms with Crippen LogP contribution in [0.2, 0.25) is 0 Å². The van der Waals surface area contributed by atoms with E-state index in [-0.39, 0.29) is 11.9 Å². The second-order valence-corrected chi connectivity index (χ2v) is 8.30. The van der Waals surface area contributed by atoms with Crippen LogP contribution >= 0.6 is 0 Å². The molecule has 174 valence electrons. The van der Waals surface area contributed by atoms with Gasteiger partial charge in [0.1, 0.15) is 5.75 Å². The van der Waals surface area contributed by atoms with Crippen molar-refractivity contribution < 1.29 is 14.3 Å². The fourth-order valence-electron chi connectivity index (χ4n) is 4.44. The highest BCUT2D eigenvalue weighted by molar-refractivity contribution is 6.44. The quantitative estimate of drug-likeness (QED) is 0.546. The summed E-state index contributed by atoms with van der Waals surface area (Å²) in [6, 6.07) is 26.2. The average Bonchev–Trinajstić information content (AvgIpc) is 3.31. The summed E-state index contributed by atoms with van der Waals surface area (Å²) in [7, 11) is 1.64. The van der Waals surface area contributed by atoms with Crippen molar-refractivity contribution in [3.8, 4) is 5.75 Å². The molecule has 34 heavy (non-hydrogen) atoms. The molecular formula is C27H28N4O3. The summed E-state index contributed by atoms with van der Waals surface area (Å²) in [5, 5.41) is 6.72. The maximum atomic E-state index is 12.7. The van der Waals surface area contributed by atoms with E-state index in [1.807, 2.05) is 64.5 Å². The Morgan fingerprint density at radius 1 is 0.912 bits per heavy atom. The molecule has 0 saturated carbocycles. The molecule has 1 fully saturated rings. The van der Waals surface area contributed by atoms with Crippen LogP contribution < -0.4 is 19.5 Å². The molecule has 0 N–H and O–H groups in total. The standard InChI is InChI=1S/C27H28N4O3/c1-20(32)26-28-31(23-7-4-3-5-8-23)27(30(26)24-9-6-10-25(19-24)33-2)21-11-13-22(14-12-21)29-15-17-34-18-16-29/h3-14,19,27H,15-18H2,1-2H3/t27-/m1/s1. The molecule has 1 atom stereocenters. The van der Waals surface area contributed by atoms with Gasteiger partial charge in [0.05, 0.1) is 26.0 Å². The van der Waals surface area contributed by atoms with Gasteiger partial charge in [0.25, 0.3) is 0 Å². The number of carbonyl (C=O) groups excluding carboxylic acids is 1. The number of rotatable bonds is 6. The molecule has 3 aromatic carbocycles. The highest BCUT2D eigenvalue weighted by atomic mass is 16.5. The van der Waals surface area contributed by atoms with Crippen molar-refractivity contribution in [2.24, 2.45) is 5.10 Å². The minimum absolute atomic E-state index is 0.101. The van der Waals surface area contributed by atoms with Gasteiger partial charge in [-0.1, -0.05) is 36.4 Å². The van der Waals surface area contributed by atoms with E-state index in [2.05, 4.69) is 29.2 Å². The molecular weight excluding hydrogens is 428 g/mol. The Labute approximate surface area is 199 Å². The molecule has 2 aliphatic rings. The van der Waals surface area contributed by atoms with Crippen LogP contribution in [0.3, 0.4) is 0 Å². The van der Waals surface area contributed by atoms with Crippen molar-refractivity contribution in [2.45, 2.75) is 13.1 Å². The Kier molecular flexibility index (Phi) is 6.18. The number of carbonyl (C=O) groups is 1. The van der Waals surface area contributed by atoms with Crippen molar-refractivity contribution in [1.29, 1.82) is 0 Å². The first-order chi connectivity index (χ1) is 16.7. The van der Waals surface area contributed by atoms with Crippen LogP contribution in [0.5, 0.6) is 5.75 Å². The Morgan fingerprint density at radius 2 is 1.62 bits per heavy atom. The van der Waals surface area contributed by atoms with Crippen LogP contribution in [-0.4, -0.2) is 45.0 Å². The lowest BCUT2D eigenvalue weighted by Gasteiger charge is -2.33. The van der Waals surface area contributed by atoms with Crippen LogP contribution in [0.25, 0.3) is 0 Å². The van der Waals surface area contributed by atoms with E-state index in [9.17, 15) is 4.79 Å². The zero-order valence-corrected chi connectivity index (χ0v) is 19.4. The van der Waals surface area contributed by atoms with E-state index in [1.54, 1.807) is 14.0 Å². The third kappa shape index (κ3) is 4.22. The monoisotopic (exact) mass is 456 g/mol. The molecule has 0 amide bonds. The van der Waals surface area contributed by atoms with Crippen LogP contribution in [0.4, 0.5) is 17.1 Å². The second-order valence-electron chi connectivity index (χ2n) is 8.30. The average molecular weight is 457 g/mol. The number of hydrogen-bond donors (Lipinski definition) is 0. The molecule has 2 heterocycles. The third-order valence-corrected chi connectivity index (χ3v) is 6.14. The topological polar surface area (TPSA) is 57.6 Å². The SMILES string of the molecule is COc1cccc(N2C(C(C)=O)=NN(c3ccccc3)[C@@H]2c2ccc(N3CCOCC3)cc2)c1. The summed E-state index contributed by atoms with van der Waals surface area (Å²) >= 11 is 0. The molecule has 7 nitrogen and oxygen atoms in total. The molecule has 0 unspecified atom stereocenters. The summed E-state index contributed by atoms with van der Waals surface area (Å²) in [4.78, 5) is 17.1. The molecule has 0 radical (unpaired) electrons. The van der Waals surface area contributed by atoms with Gasteiger partial charge in [0.15, 0.2) is 17.8 Å². The number of ether oxygens (including phenoxy) is 2. The van der Waals surface area contributed by atoms with Gasteiger partial charge in [-0.2, -0.15) is 0 Å². The fraction of sp³-hybridized carbons (Fsp3) is 0.259. The number of anilines is 3. The minimum Gasteiger partial charge on any atom is -0.497 e. The van der Waals surface area contributed by atoms with E-state index in [4.69, 9.17) is 14.6 Å². The van der Waals surface area contributed by atoms with Gasteiger partial charge in [0.2, 0.25) is 0 Å². The summed E-state index contributed by atoms with van der Waals surface area (Å²) in [6.45, 7) is 4.80. The Morgan fingerprint density at radius 3 is 2.29 bits per heavy atom. The predicted molar refractivity (Wildman–Crippen MR) is 135 cm³/mol. The van der Waals surface area contributed by atoms with E-state index in [0.717, 1.165) is 54.7 Å². The summed E-state index contributed by atoms with van der Waals surface area (Å²) in [5.41, 5.74) is 3.95. The van der Waals surface area contributed by atoms with Gasteiger partial charge in [-0.3, -0.25) is 9.69 Å². The maximum absolute atomic E-state index is 12.7. The first-order valence-corrected chi connectivity index (χ1v) is 11.5. The van der Waals surface area contributed by atoms with E-state index >= 15 is 0 Å². The zero-order valence-electron chi connectivity index (χ0n) is 19.4. The summed E-state index contributed by atoms with van der Waals surface area (Å²) in [6.07, 6.45) is -0.327. The third-order valence-electron chi connectivity index (χ3n) is 6.14. The van der Waals surface area contributed by atoms with Gasteiger partial charge in [-0.15, -0.1) is 5.10 Å². The number of hydrazone groups is 1. The number of hydrogen-bond acceptors (Lipinski definition) is 7. The lowest BCUT2D eigenvalue weighted by Crippen LogP contribution is -2.38. The van der Waals surface area contributed by atoms with Crippen LogP contribution in [0.15, 0.2) is 84.0 Å². The van der Waals surface area contributed by atoms with Crippen LogP contribution in [-0.2, 0) is 9.53 Å². The molecule has 1 saturated heterocycles. The predicted octanol–water partition coefficient (Wildman–Crippen LogP) is 4.46. The Hall–Kier alpha value is -3.84. The number of para-hydroxylation sites is 1. The number of morpholine rings is 1. The van der Waals surface area contributed by atoms with Gasteiger partial charge in [0, 0.05) is 37.5 Å². The van der Waals surface area contributed by atoms with Crippen molar-refractivity contribution in [3.63, 3.8) is 0 Å². The minimum atomic E-state index is -0.327. The lowest BCUT2D eigenvalue weighted by atomic mass is 10.1. The van der Waals surface area contributed by atoms with Gasteiger partial charge in [-0.25, -0.2) is 5.01 Å². The number of methoxy groups -OCH3 is 1. The van der Waals surface area contributed by atoms with E-state index < -0.39 is 0 Å². The number of nitrogens with zero attached hydrogens (tertiary/aromatic N) is 4. The van der Waals surface area contributed by atoms with Crippen molar-refractivity contribution in [3.05, 3.63) is 84.4 Å². The Balaban J connectivity index is 1.59. The second kappa shape index (κ2) is 9.57. The molecule has 2 aliphatic heterocycles. The molecule has 3 aromatic rings. The van der Waals surface area contributed by atoms with Crippen molar-refractivity contribution in [2.75, 3.05) is 48.2 Å². The Bertz CT molecular complexity index is 1170. The van der Waals surface area contributed by atoms with Gasteiger partial charge in [-0.05, 0) is 42.0 Å². The van der Waals surface area contributed by atoms with Gasteiger partial charge < -0.3 is 14.4 Å². The molecule has 7 heteroatoms. The molecule has 0 aliphatic carbocycles. The number of ketones is 1. The fourth-order valence-corrected chi connectivity index (χ4v) is 4.44. The highest BCUT2D eigenvalue weighted by Crippen LogP contribution is 2.40. The number of amidine groups is 1. The maximum Gasteiger partial charge on any atom is 0.198 e. The van der Waals surface area contributed by atoms with Crippen molar-refractivity contribution in [1.82, 2.24) is 0 Å². The van der Waals surface area contributed by atoms with Gasteiger partial charge >= 0.3 is 0 Å². The van der Waals surface area contributed by atoms with Crippen molar-refractivity contribution >= 4 is 28.7 Å².